The van der Waals surface area contributed by atoms with E-state index in [4.69, 9.17) is 8.94 Å². The molecular weight excluding hydrogens is 632 g/mol. The van der Waals surface area contributed by atoms with E-state index in [-0.39, 0.29) is 17.4 Å². The lowest BCUT2D eigenvalue weighted by Gasteiger charge is -2.11. The van der Waals surface area contributed by atoms with Gasteiger partial charge in [0, 0.05) is 38.3 Å². The Morgan fingerprint density at radius 1 is 0.907 bits per heavy atom. The summed E-state index contributed by atoms with van der Waals surface area (Å²) in [5.41, 5.74) is 1.78. The average molecular weight is 658 g/mol. The Labute approximate surface area is 259 Å². The highest BCUT2D eigenvalue weighted by molar-refractivity contribution is 9.10. The third kappa shape index (κ3) is 8.34. The molecule has 5 rings (SSSR count). The van der Waals surface area contributed by atoms with Gasteiger partial charge in [-0.3, -0.25) is 14.4 Å². The number of aryl methyl sites for hydroxylation is 1. The fraction of sp³-hybridized carbons (Fsp3) is 0.0625. The fourth-order valence-corrected chi connectivity index (χ4v) is 4.83. The zero-order chi connectivity index (χ0) is 30.2. The van der Waals surface area contributed by atoms with Crippen LogP contribution in [-0.4, -0.2) is 28.6 Å². The normalized spacial score (nSPS) is 11.2. The number of hydrogen-bond donors (Lipinski definition) is 3. The van der Waals surface area contributed by atoms with E-state index in [9.17, 15) is 14.4 Å². The predicted octanol–water partition coefficient (Wildman–Crippen LogP) is 7.15. The molecule has 11 heteroatoms. The highest BCUT2D eigenvalue weighted by Crippen LogP contribution is 2.25. The molecule has 216 valence electrons. The van der Waals surface area contributed by atoms with Crippen molar-refractivity contribution in [3.05, 3.63) is 124 Å². The first-order valence-electron chi connectivity index (χ1n) is 13.0. The van der Waals surface area contributed by atoms with E-state index in [1.54, 1.807) is 79.7 Å². The SMILES string of the molecule is Cc1cc(NC(=O)CSc2ccc(NC(=O)/C(=C/c3ccc(-c4ccc(Br)cc4)o3)NC(=O)c3ccccc3)cc2)no1. The minimum Gasteiger partial charge on any atom is -0.457 e. The molecule has 0 aliphatic heterocycles. The van der Waals surface area contributed by atoms with E-state index in [2.05, 4.69) is 37.0 Å². The maximum Gasteiger partial charge on any atom is 0.272 e. The van der Waals surface area contributed by atoms with Gasteiger partial charge in [-0.2, -0.15) is 0 Å². The number of thioether (sulfide) groups is 1. The van der Waals surface area contributed by atoms with Crippen LogP contribution in [0, 0.1) is 6.92 Å². The lowest BCUT2D eigenvalue weighted by Crippen LogP contribution is -2.30. The zero-order valence-electron chi connectivity index (χ0n) is 22.8. The number of carbonyl (C=O) groups excluding carboxylic acids is 3. The summed E-state index contributed by atoms with van der Waals surface area (Å²) in [4.78, 5) is 39.3. The number of rotatable bonds is 10. The van der Waals surface area contributed by atoms with E-state index in [1.165, 1.54) is 17.8 Å². The van der Waals surface area contributed by atoms with Crippen molar-refractivity contribution in [1.82, 2.24) is 10.5 Å². The Kier molecular flexibility index (Phi) is 9.55. The van der Waals surface area contributed by atoms with Crippen LogP contribution in [0.2, 0.25) is 0 Å². The number of aromatic nitrogens is 1. The highest BCUT2D eigenvalue weighted by atomic mass is 79.9. The van der Waals surface area contributed by atoms with Gasteiger partial charge in [0.1, 0.15) is 23.0 Å². The lowest BCUT2D eigenvalue weighted by molar-refractivity contribution is -0.114. The Morgan fingerprint density at radius 3 is 2.35 bits per heavy atom. The van der Waals surface area contributed by atoms with Crippen LogP contribution < -0.4 is 16.0 Å². The van der Waals surface area contributed by atoms with Gasteiger partial charge in [-0.15, -0.1) is 11.8 Å². The van der Waals surface area contributed by atoms with Crippen LogP contribution in [-0.2, 0) is 9.59 Å². The first-order chi connectivity index (χ1) is 20.8. The molecule has 0 spiro atoms. The summed E-state index contributed by atoms with van der Waals surface area (Å²) in [6, 6.07) is 28.4. The van der Waals surface area contributed by atoms with Crippen LogP contribution in [0.4, 0.5) is 11.5 Å². The second-order valence-corrected chi connectivity index (χ2v) is 11.2. The van der Waals surface area contributed by atoms with Crippen molar-refractivity contribution in [2.45, 2.75) is 11.8 Å². The standard InChI is InChI=1S/C32H25BrN4O5S/c1-20-17-29(37-42-20)36-30(38)19-43-26-14-11-24(12-15-26)34-32(40)27(35-31(39)22-5-3-2-4-6-22)18-25-13-16-28(41-25)21-7-9-23(33)10-8-21/h2-18H,19H2,1H3,(H,34,40)(H,35,39)(H,36,37,38)/b27-18-. The largest absolute Gasteiger partial charge is 0.457 e. The van der Waals surface area contributed by atoms with E-state index in [0.29, 0.717) is 34.3 Å². The third-order valence-electron chi connectivity index (χ3n) is 5.95. The van der Waals surface area contributed by atoms with Gasteiger partial charge >= 0.3 is 0 Å². The number of furan rings is 1. The number of amides is 3. The van der Waals surface area contributed by atoms with Crippen LogP contribution in [0.15, 0.2) is 121 Å². The molecule has 3 amide bonds. The van der Waals surface area contributed by atoms with E-state index in [0.717, 1.165) is 14.9 Å². The van der Waals surface area contributed by atoms with Gasteiger partial charge in [-0.05, 0) is 67.6 Å². The third-order valence-corrected chi connectivity index (χ3v) is 7.49. The lowest BCUT2D eigenvalue weighted by atomic mass is 10.2. The van der Waals surface area contributed by atoms with Crippen molar-refractivity contribution in [2.75, 3.05) is 16.4 Å². The first-order valence-corrected chi connectivity index (χ1v) is 14.8. The smallest absolute Gasteiger partial charge is 0.272 e. The quantitative estimate of drug-likeness (QED) is 0.108. The van der Waals surface area contributed by atoms with Crippen molar-refractivity contribution in [1.29, 1.82) is 0 Å². The van der Waals surface area contributed by atoms with Crippen molar-refractivity contribution >= 4 is 63.0 Å². The Balaban J connectivity index is 1.27. The second-order valence-electron chi connectivity index (χ2n) is 9.23. The second kappa shape index (κ2) is 13.9. The number of carbonyl (C=O) groups is 3. The van der Waals surface area contributed by atoms with Gasteiger partial charge in [0.15, 0.2) is 5.82 Å². The molecule has 0 aliphatic carbocycles. The molecular formula is C32H25BrN4O5S. The molecule has 3 N–H and O–H groups in total. The monoisotopic (exact) mass is 656 g/mol. The summed E-state index contributed by atoms with van der Waals surface area (Å²) >= 11 is 4.75. The van der Waals surface area contributed by atoms with Gasteiger partial charge < -0.3 is 24.9 Å². The molecule has 2 aromatic heterocycles. The topological polar surface area (TPSA) is 126 Å². The molecule has 0 saturated carbocycles. The van der Waals surface area contributed by atoms with Crippen molar-refractivity contribution in [2.24, 2.45) is 0 Å². The summed E-state index contributed by atoms with van der Waals surface area (Å²) in [5, 5.41) is 11.9. The molecule has 2 heterocycles. The van der Waals surface area contributed by atoms with Crippen LogP contribution >= 0.6 is 27.7 Å². The Bertz CT molecular complexity index is 1760. The molecule has 0 bridgehead atoms. The van der Waals surface area contributed by atoms with E-state index < -0.39 is 11.8 Å². The summed E-state index contributed by atoms with van der Waals surface area (Å²) in [6.07, 6.45) is 1.48. The minimum absolute atomic E-state index is 0.00350. The van der Waals surface area contributed by atoms with Crippen molar-refractivity contribution < 1.29 is 23.3 Å². The number of benzene rings is 3. The maximum atomic E-state index is 13.4. The molecule has 0 unspecified atom stereocenters. The molecule has 0 saturated heterocycles. The van der Waals surface area contributed by atoms with E-state index in [1.807, 2.05) is 24.3 Å². The molecule has 5 aromatic rings. The fourth-order valence-electron chi connectivity index (χ4n) is 3.87. The van der Waals surface area contributed by atoms with Gasteiger partial charge in [0.2, 0.25) is 5.91 Å². The zero-order valence-corrected chi connectivity index (χ0v) is 25.2. The summed E-state index contributed by atoms with van der Waals surface area (Å²) in [6.45, 7) is 1.74. The van der Waals surface area contributed by atoms with Crippen LogP contribution in [0.3, 0.4) is 0 Å². The van der Waals surface area contributed by atoms with Crippen molar-refractivity contribution in [3.8, 4) is 11.3 Å². The van der Waals surface area contributed by atoms with E-state index >= 15 is 0 Å². The summed E-state index contributed by atoms with van der Waals surface area (Å²) in [5.74, 6) is 0.952. The molecule has 9 nitrogen and oxygen atoms in total. The van der Waals surface area contributed by atoms with Gasteiger partial charge in [-0.1, -0.05) is 51.4 Å². The number of halogens is 1. The molecule has 3 aromatic carbocycles. The predicted molar refractivity (Wildman–Crippen MR) is 169 cm³/mol. The van der Waals surface area contributed by atoms with Gasteiger partial charge in [0.05, 0.1) is 5.75 Å². The summed E-state index contributed by atoms with van der Waals surface area (Å²) < 4.78 is 11.9. The summed E-state index contributed by atoms with van der Waals surface area (Å²) in [7, 11) is 0. The maximum absolute atomic E-state index is 13.4. The van der Waals surface area contributed by atoms with Crippen LogP contribution in [0.25, 0.3) is 17.4 Å². The van der Waals surface area contributed by atoms with Crippen LogP contribution in [0.1, 0.15) is 21.9 Å². The van der Waals surface area contributed by atoms with Crippen molar-refractivity contribution in [3.63, 3.8) is 0 Å². The molecule has 0 fully saturated rings. The Hall–Kier alpha value is -4.87. The highest BCUT2D eigenvalue weighted by Gasteiger charge is 2.17. The molecule has 0 atom stereocenters. The van der Waals surface area contributed by atoms with Crippen LogP contribution in [0.5, 0.6) is 0 Å². The number of anilines is 2. The minimum atomic E-state index is -0.534. The van der Waals surface area contributed by atoms with Gasteiger partial charge in [0.25, 0.3) is 11.8 Å². The number of nitrogens with zero attached hydrogens (tertiary/aromatic N) is 1. The molecule has 43 heavy (non-hydrogen) atoms. The molecule has 0 aliphatic rings. The molecule has 0 radical (unpaired) electrons. The average Bonchev–Trinajstić information content (AvgIpc) is 3.65. The number of hydrogen-bond acceptors (Lipinski definition) is 7. The van der Waals surface area contributed by atoms with Gasteiger partial charge in [-0.25, -0.2) is 0 Å². The number of nitrogens with one attached hydrogen (secondary N) is 3. The first kappa shape index (κ1) is 29.6. The Morgan fingerprint density at radius 2 is 1.65 bits per heavy atom.